The van der Waals surface area contributed by atoms with E-state index in [4.69, 9.17) is 8.85 Å². The Morgan fingerprint density at radius 2 is 1.27 bits per heavy atom. The molecule has 4 rings (SSSR count). The molecule has 212 valence electrons. The zero-order valence-electron chi connectivity index (χ0n) is 26.0. The second-order valence-electron chi connectivity index (χ2n) is 16.7. The number of hydrogen-bond donors (Lipinski definition) is 0. The summed E-state index contributed by atoms with van der Waals surface area (Å²) in [6, 6.07) is 0. The highest BCUT2D eigenvalue weighted by atomic mass is 28.4. The van der Waals surface area contributed by atoms with Gasteiger partial charge in [-0.25, -0.2) is 0 Å². The monoisotopic (exact) mass is 548 g/mol. The summed E-state index contributed by atoms with van der Waals surface area (Å²) in [5.41, 5.74) is -0.169. The quantitative estimate of drug-likeness (QED) is 0.332. The van der Waals surface area contributed by atoms with Crippen molar-refractivity contribution in [3.63, 3.8) is 0 Å². The summed E-state index contributed by atoms with van der Waals surface area (Å²) in [4.78, 5) is 26.3. The van der Waals surface area contributed by atoms with E-state index in [1.165, 1.54) is 0 Å². The first-order valence-corrected chi connectivity index (χ1v) is 20.9. The first kappa shape index (κ1) is 29.7. The number of ketones is 2. The molecule has 4 aliphatic carbocycles. The number of carbonyl (C=O) groups excluding carboxylic acids is 2. The Morgan fingerprint density at radius 3 is 1.81 bits per heavy atom. The maximum absolute atomic E-state index is 13.3. The molecule has 4 saturated carbocycles. The van der Waals surface area contributed by atoms with Crippen LogP contribution in [0.3, 0.4) is 0 Å². The normalized spacial score (nSPS) is 41.3. The van der Waals surface area contributed by atoms with Gasteiger partial charge in [0.2, 0.25) is 0 Å². The van der Waals surface area contributed by atoms with Gasteiger partial charge in [-0.2, -0.15) is 0 Å². The first-order valence-electron chi connectivity index (χ1n) is 15.1. The molecule has 0 aromatic heterocycles. The second-order valence-corrected chi connectivity index (χ2v) is 26.3. The van der Waals surface area contributed by atoms with Crippen molar-refractivity contribution in [1.29, 1.82) is 0 Å². The topological polar surface area (TPSA) is 52.6 Å². The molecule has 4 fully saturated rings. The van der Waals surface area contributed by atoms with E-state index in [2.05, 4.69) is 81.6 Å². The van der Waals surface area contributed by atoms with E-state index in [1.54, 1.807) is 0 Å². The highest BCUT2D eigenvalue weighted by molar-refractivity contribution is 6.74. The summed E-state index contributed by atoms with van der Waals surface area (Å²) < 4.78 is 15.0. The number of rotatable bonds is 4. The highest BCUT2D eigenvalue weighted by Crippen LogP contribution is 2.67. The van der Waals surface area contributed by atoms with Crippen molar-refractivity contribution in [2.45, 2.75) is 149 Å². The van der Waals surface area contributed by atoms with Crippen LogP contribution in [0, 0.1) is 34.5 Å². The molecule has 0 N–H and O–H groups in total. The van der Waals surface area contributed by atoms with Crippen LogP contribution in [-0.2, 0) is 18.4 Å². The Labute approximate surface area is 229 Å². The standard InChI is InChI=1S/C31H56O4Si2/c1-28(2,3)36(9,10)34-26-23-19-20(32)15-17-30(23,7)22-16-18-31(8)21(13-14-24(31)33)25(22)27(26)35-37(11,12)29(4,5)6/h21-23,25-27H,13-19H2,1-12H3/t21?,22?,23?,25?,26-,27?,30-,31+/m1/s1. The maximum Gasteiger partial charge on any atom is 0.192 e. The van der Waals surface area contributed by atoms with Crippen molar-refractivity contribution in [3.05, 3.63) is 0 Å². The van der Waals surface area contributed by atoms with Gasteiger partial charge in [0.15, 0.2) is 16.6 Å². The molecule has 4 nitrogen and oxygen atoms in total. The zero-order chi connectivity index (χ0) is 28.0. The summed E-state index contributed by atoms with van der Waals surface area (Å²) in [5, 5.41) is 0.154. The lowest BCUT2D eigenvalue weighted by Gasteiger charge is -2.65. The Kier molecular flexibility index (Phi) is 7.30. The van der Waals surface area contributed by atoms with Gasteiger partial charge in [0.25, 0.3) is 0 Å². The fourth-order valence-electron chi connectivity index (χ4n) is 8.10. The number of Topliss-reactive ketones (excluding diaryl/α,β-unsaturated/α-hetero) is 2. The lowest BCUT2D eigenvalue weighted by Crippen LogP contribution is -2.68. The van der Waals surface area contributed by atoms with Gasteiger partial charge in [0.1, 0.15) is 11.6 Å². The average Bonchev–Trinajstić information content (AvgIpc) is 3.04. The minimum atomic E-state index is -2.15. The molecule has 6 heteroatoms. The van der Waals surface area contributed by atoms with Crippen LogP contribution in [0.25, 0.3) is 0 Å². The molecule has 0 aliphatic heterocycles. The maximum atomic E-state index is 13.3. The van der Waals surface area contributed by atoms with Crippen molar-refractivity contribution < 1.29 is 18.4 Å². The van der Waals surface area contributed by atoms with Gasteiger partial charge in [0.05, 0.1) is 12.2 Å². The minimum absolute atomic E-state index is 0.0421. The molecule has 5 unspecified atom stereocenters. The number of fused-ring (bicyclic) bond motifs is 5. The molecule has 0 bridgehead atoms. The summed E-state index contributed by atoms with van der Waals surface area (Å²) in [6.45, 7) is 28.1. The van der Waals surface area contributed by atoms with Gasteiger partial charge < -0.3 is 8.85 Å². The third-order valence-corrected chi connectivity index (χ3v) is 21.6. The van der Waals surface area contributed by atoms with Gasteiger partial charge >= 0.3 is 0 Å². The average molecular weight is 549 g/mol. The fraction of sp³-hybridized carbons (Fsp3) is 0.935. The Balaban J connectivity index is 1.89. The van der Waals surface area contributed by atoms with Crippen LogP contribution >= 0.6 is 0 Å². The van der Waals surface area contributed by atoms with Crippen molar-refractivity contribution in [2.75, 3.05) is 0 Å². The molecule has 0 aromatic carbocycles. The first-order chi connectivity index (χ1) is 16.7. The van der Waals surface area contributed by atoms with E-state index in [1.807, 2.05) is 0 Å². The Morgan fingerprint density at radius 1 is 0.730 bits per heavy atom. The van der Waals surface area contributed by atoms with Crippen molar-refractivity contribution in [1.82, 2.24) is 0 Å². The molecule has 0 saturated heterocycles. The van der Waals surface area contributed by atoms with Crippen LogP contribution in [0.1, 0.15) is 100 Å². The van der Waals surface area contributed by atoms with E-state index in [0.29, 0.717) is 48.6 Å². The molecule has 0 heterocycles. The molecule has 0 amide bonds. The van der Waals surface area contributed by atoms with Crippen LogP contribution in [-0.4, -0.2) is 40.4 Å². The van der Waals surface area contributed by atoms with E-state index in [-0.39, 0.29) is 39.0 Å². The SMILES string of the molecule is CC(C)(C)[Si](C)(C)OC1C2C(CC[C@]3(C)C(=O)CCC23)[C@@]2(C)CCC(=O)CC2[C@H]1O[Si](C)(C)C(C)(C)C. The predicted molar refractivity (Wildman–Crippen MR) is 157 cm³/mol. The molecule has 0 radical (unpaired) electrons. The van der Waals surface area contributed by atoms with Gasteiger partial charge in [-0.05, 0) is 91.0 Å². The van der Waals surface area contributed by atoms with E-state index < -0.39 is 16.6 Å². The highest BCUT2D eigenvalue weighted by Gasteiger charge is 2.67. The van der Waals surface area contributed by atoms with Crippen molar-refractivity contribution in [3.8, 4) is 0 Å². The minimum Gasteiger partial charge on any atom is -0.411 e. The molecular weight excluding hydrogens is 493 g/mol. The summed E-state index contributed by atoms with van der Waals surface area (Å²) >= 11 is 0. The van der Waals surface area contributed by atoms with E-state index in [9.17, 15) is 9.59 Å². The Bertz CT molecular complexity index is 928. The fourth-order valence-corrected chi connectivity index (χ4v) is 10.8. The lowest BCUT2D eigenvalue weighted by atomic mass is 9.44. The van der Waals surface area contributed by atoms with Crippen LogP contribution in [0.15, 0.2) is 0 Å². The van der Waals surface area contributed by atoms with Gasteiger partial charge in [0, 0.05) is 24.7 Å². The molecule has 37 heavy (non-hydrogen) atoms. The van der Waals surface area contributed by atoms with Crippen LogP contribution in [0.2, 0.25) is 36.3 Å². The van der Waals surface area contributed by atoms with Crippen molar-refractivity contribution in [2.24, 2.45) is 34.5 Å². The predicted octanol–water partition coefficient (Wildman–Crippen LogP) is 8.17. The lowest BCUT2D eigenvalue weighted by molar-refractivity contribution is -0.202. The number of hydrogen-bond acceptors (Lipinski definition) is 4. The van der Waals surface area contributed by atoms with E-state index >= 15 is 0 Å². The van der Waals surface area contributed by atoms with Crippen molar-refractivity contribution >= 4 is 28.2 Å². The third kappa shape index (κ3) is 4.72. The third-order valence-electron chi connectivity index (χ3n) is 12.7. The van der Waals surface area contributed by atoms with Gasteiger partial charge in [-0.1, -0.05) is 55.4 Å². The largest absolute Gasteiger partial charge is 0.411 e. The molecule has 0 spiro atoms. The molecule has 0 aromatic rings. The Hall–Kier alpha value is -0.306. The van der Waals surface area contributed by atoms with Gasteiger partial charge in [-0.3, -0.25) is 9.59 Å². The van der Waals surface area contributed by atoms with E-state index in [0.717, 1.165) is 25.7 Å². The molecule has 4 aliphatic rings. The van der Waals surface area contributed by atoms with Crippen LogP contribution in [0.4, 0.5) is 0 Å². The smallest absolute Gasteiger partial charge is 0.192 e. The summed E-state index contributed by atoms with van der Waals surface area (Å²) in [5.74, 6) is 2.23. The van der Waals surface area contributed by atoms with Crippen LogP contribution < -0.4 is 0 Å². The summed E-state index contributed by atoms with van der Waals surface area (Å²) in [7, 11) is -4.30. The molecular formula is C31H56O4Si2. The van der Waals surface area contributed by atoms with Crippen LogP contribution in [0.5, 0.6) is 0 Å². The number of carbonyl (C=O) groups is 2. The second kappa shape index (κ2) is 9.10. The van der Waals surface area contributed by atoms with Gasteiger partial charge in [-0.15, -0.1) is 0 Å². The summed E-state index contributed by atoms with van der Waals surface area (Å²) in [6.07, 6.45) is 5.92. The molecule has 8 atom stereocenters. The zero-order valence-corrected chi connectivity index (χ0v) is 28.0.